The van der Waals surface area contributed by atoms with Gasteiger partial charge in [0.2, 0.25) is 0 Å². The van der Waals surface area contributed by atoms with Crippen LogP contribution in [0.3, 0.4) is 0 Å². The van der Waals surface area contributed by atoms with Crippen LogP contribution in [-0.4, -0.2) is 31.8 Å². The Morgan fingerprint density at radius 3 is 2.15 bits per heavy atom. The lowest BCUT2D eigenvalue weighted by Gasteiger charge is -2.13. The van der Waals surface area contributed by atoms with Crippen LogP contribution in [0.4, 0.5) is 0 Å². The van der Waals surface area contributed by atoms with Crippen LogP contribution in [0, 0.1) is 0 Å². The van der Waals surface area contributed by atoms with Crippen LogP contribution in [-0.2, 0) is 9.53 Å². The number of carbonyl (C=O) groups excluding carboxylic acids is 2. The van der Waals surface area contributed by atoms with E-state index in [1.807, 2.05) is 0 Å². The van der Waals surface area contributed by atoms with E-state index in [1.54, 1.807) is 62.6 Å². The second kappa shape index (κ2) is 9.27. The standard InChI is InChI=1S/C20H20O6/c1-4-19(21)25-14(2)13-24-17-7-5-15(6-8-17)20(22)26-18-11-9-16(23-3)10-12-18/h4-12,14H,1,13H2,2-3H3/t14-/m0/s1. The summed E-state index contributed by atoms with van der Waals surface area (Å²) in [6, 6.07) is 13.2. The number of hydrogen-bond acceptors (Lipinski definition) is 6. The van der Waals surface area contributed by atoms with Gasteiger partial charge >= 0.3 is 11.9 Å². The zero-order chi connectivity index (χ0) is 18.9. The third-order valence-electron chi connectivity index (χ3n) is 3.33. The molecule has 6 nitrogen and oxygen atoms in total. The van der Waals surface area contributed by atoms with Crippen LogP contribution >= 0.6 is 0 Å². The summed E-state index contributed by atoms with van der Waals surface area (Å²) >= 11 is 0. The van der Waals surface area contributed by atoms with Crippen molar-refractivity contribution >= 4 is 11.9 Å². The molecule has 0 spiro atoms. The number of ether oxygens (including phenoxy) is 4. The van der Waals surface area contributed by atoms with Crippen molar-refractivity contribution in [1.82, 2.24) is 0 Å². The summed E-state index contributed by atoms with van der Waals surface area (Å²) in [5, 5.41) is 0. The van der Waals surface area contributed by atoms with E-state index in [4.69, 9.17) is 18.9 Å². The monoisotopic (exact) mass is 356 g/mol. The topological polar surface area (TPSA) is 71.1 Å². The average Bonchev–Trinajstić information content (AvgIpc) is 2.67. The molecule has 0 fully saturated rings. The summed E-state index contributed by atoms with van der Waals surface area (Å²) in [7, 11) is 1.56. The summed E-state index contributed by atoms with van der Waals surface area (Å²) in [4.78, 5) is 23.2. The number of carbonyl (C=O) groups is 2. The third kappa shape index (κ3) is 5.66. The van der Waals surface area contributed by atoms with E-state index in [9.17, 15) is 9.59 Å². The smallest absolute Gasteiger partial charge is 0.343 e. The van der Waals surface area contributed by atoms with Gasteiger partial charge in [-0.05, 0) is 55.5 Å². The number of esters is 2. The van der Waals surface area contributed by atoms with Crippen molar-refractivity contribution in [3.8, 4) is 17.2 Å². The first-order valence-electron chi connectivity index (χ1n) is 7.94. The lowest BCUT2D eigenvalue weighted by atomic mass is 10.2. The Labute approximate surface area is 151 Å². The molecule has 0 aliphatic heterocycles. The average molecular weight is 356 g/mol. The molecule has 0 heterocycles. The van der Waals surface area contributed by atoms with Crippen LogP contribution in [0.25, 0.3) is 0 Å². The van der Waals surface area contributed by atoms with Crippen LogP contribution in [0.15, 0.2) is 61.2 Å². The van der Waals surface area contributed by atoms with Gasteiger partial charge in [0, 0.05) is 6.08 Å². The molecular formula is C20H20O6. The van der Waals surface area contributed by atoms with Crippen LogP contribution in [0.2, 0.25) is 0 Å². The molecule has 0 saturated carbocycles. The Morgan fingerprint density at radius 1 is 1.00 bits per heavy atom. The second-order valence-corrected chi connectivity index (χ2v) is 5.35. The predicted octanol–water partition coefficient (Wildman–Crippen LogP) is 3.41. The minimum absolute atomic E-state index is 0.190. The molecule has 2 rings (SSSR count). The van der Waals surface area contributed by atoms with E-state index in [2.05, 4.69) is 6.58 Å². The van der Waals surface area contributed by atoms with Crippen molar-refractivity contribution in [2.24, 2.45) is 0 Å². The second-order valence-electron chi connectivity index (χ2n) is 5.35. The largest absolute Gasteiger partial charge is 0.497 e. The summed E-state index contributed by atoms with van der Waals surface area (Å²) in [6.07, 6.45) is 0.680. The van der Waals surface area contributed by atoms with E-state index in [0.717, 1.165) is 6.08 Å². The van der Waals surface area contributed by atoms with Gasteiger partial charge in [0.25, 0.3) is 0 Å². The third-order valence-corrected chi connectivity index (χ3v) is 3.33. The Morgan fingerprint density at radius 2 is 1.58 bits per heavy atom. The molecule has 0 N–H and O–H groups in total. The lowest BCUT2D eigenvalue weighted by Crippen LogP contribution is -2.20. The highest BCUT2D eigenvalue weighted by atomic mass is 16.6. The van der Waals surface area contributed by atoms with Gasteiger partial charge < -0.3 is 18.9 Å². The molecule has 2 aromatic rings. The van der Waals surface area contributed by atoms with Crippen molar-refractivity contribution in [1.29, 1.82) is 0 Å². The molecule has 26 heavy (non-hydrogen) atoms. The minimum Gasteiger partial charge on any atom is -0.497 e. The Kier molecular flexibility index (Phi) is 6.79. The molecule has 136 valence electrons. The maximum Gasteiger partial charge on any atom is 0.343 e. The number of benzene rings is 2. The fraction of sp³-hybridized carbons (Fsp3) is 0.200. The quantitative estimate of drug-likeness (QED) is 0.410. The summed E-state index contributed by atoms with van der Waals surface area (Å²) in [5.41, 5.74) is 0.388. The number of hydrogen-bond donors (Lipinski definition) is 0. The van der Waals surface area contributed by atoms with Crippen molar-refractivity contribution in [2.45, 2.75) is 13.0 Å². The molecule has 0 radical (unpaired) electrons. The molecular weight excluding hydrogens is 336 g/mol. The van der Waals surface area contributed by atoms with E-state index in [0.29, 0.717) is 22.8 Å². The fourth-order valence-corrected chi connectivity index (χ4v) is 1.99. The first kappa shape index (κ1) is 19.1. The summed E-state index contributed by atoms with van der Waals surface area (Å²) in [6.45, 7) is 5.23. The van der Waals surface area contributed by atoms with Gasteiger partial charge in [-0.25, -0.2) is 9.59 Å². The molecule has 0 unspecified atom stereocenters. The van der Waals surface area contributed by atoms with Gasteiger partial charge in [-0.3, -0.25) is 0 Å². The molecule has 0 aromatic heterocycles. The SMILES string of the molecule is C=CC(=O)O[C@@H](C)COc1ccc(C(=O)Oc2ccc(OC)cc2)cc1. The lowest BCUT2D eigenvalue weighted by molar-refractivity contribution is -0.143. The molecule has 0 aliphatic carbocycles. The first-order valence-corrected chi connectivity index (χ1v) is 7.94. The Balaban J connectivity index is 1.88. The zero-order valence-electron chi connectivity index (χ0n) is 14.6. The van der Waals surface area contributed by atoms with Crippen LogP contribution in [0.5, 0.6) is 17.2 Å². The van der Waals surface area contributed by atoms with Gasteiger partial charge in [-0.2, -0.15) is 0 Å². The number of methoxy groups -OCH3 is 1. The molecule has 0 bridgehead atoms. The molecule has 1 atom stereocenters. The highest BCUT2D eigenvalue weighted by Crippen LogP contribution is 2.19. The van der Waals surface area contributed by atoms with E-state index in [1.165, 1.54) is 0 Å². The Hall–Kier alpha value is -3.28. The van der Waals surface area contributed by atoms with Gasteiger partial charge in [0.15, 0.2) is 0 Å². The maximum absolute atomic E-state index is 12.1. The van der Waals surface area contributed by atoms with E-state index in [-0.39, 0.29) is 6.61 Å². The maximum atomic E-state index is 12.1. The van der Waals surface area contributed by atoms with Gasteiger partial charge in [-0.15, -0.1) is 0 Å². The fourth-order valence-electron chi connectivity index (χ4n) is 1.99. The zero-order valence-corrected chi connectivity index (χ0v) is 14.6. The minimum atomic E-state index is -0.502. The van der Waals surface area contributed by atoms with Crippen molar-refractivity contribution in [3.63, 3.8) is 0 Å². The first-order chi connectivity index (χ1) is 12.5. The van der Waals surface area contributed by atoms with Gasteiger partial charge in [0.05, 0.1) is 12.7 Å². The molecule has 2 aromatic carbocycles. The van der Waals surface area contributed by atoms with Crippen molar-refractivity contribution in [2.75, 3.05) is 13.7 Å². The van der Waals surface area contributed by atoms with E-state index < -0.39 is 18.0 Å². The van der Waals surface area contributed by atoms with Crippen molar-refractivity contribution < 1.29 is 28.5 Å². The summed E-state index contributed by atoms with van der Waals surface area (Å²) in [5.74, 6) is 0.675. The van der Waals surface area contributed by atoms with Crippen LogP contribution < -0.4 is 14.2 Å². The Bertz CT molecular complexity index is 749. The highest BCUT2D eigenvalue weighted by molar-refractivity contribution is 5.91. The predicted molar refractivity (Wildman–Crippen MR) is 95.6 cm³/mol. The molecule has 0 saturated heterocycles. The number of rotatable bonds is 8. The van der Waals surface area contributed by atoms with Gasteiger partial charge in [-0.1, -0.05) is 6.58 Å². The normalized spacial score (nSPS) is 11.2. The van der Waals surface area contributed by atoms with E-state index >= 15 is 0 Å². The molecule has 0 amide bonds. The van der Waals surface area contributed by atoms with Crippen LogP contribution in [0.1, 0.15) is 17.3 Å². The highest BCUT2D eigenvalue weighted by Gasteiger charge is 2.10. The van der Waals surface area contributed by atoms with Gasteiger partial charge in [0.1, 0.15) is 30.0 Å². The molecule has 6 heteroatoms. The summed E-state index contributed by atoms with van der Waals surface area (Å²) < 4.78 is 20.9. The van der Waals surface area contributed by atoms with Crippen molar-refractivity contribution in [3.05, 3.63) is 66.7 Å². The molecule has 0 aliphatic rings.